The topological polar surface area (TPSA) is 61.3 Å². The second kappa shape index (κ2) is 6.76. The average molecular weight is 337 g/mol. The SMILES string of the molecule is CC(NC1CCN(c2ccccc2)CC1)c1ccc2[nH]c(=O)oc2c1. The molecule has 1 fully saturated rings. The maximum Gasteiger partial charge on any atom is 0.417 e. The number of aromatic amines is 1. The zero-order chi connectivity index (χ0) is 17.2. The first-order chi connectivity index (χ1) is 12.2. The van der Waals surface area contributed by atoms with E-state index in [0.717, 1.165) is 37.0 Å². The summed E-state index contributed by atoms with van der Waals surface area (Å²) in [5.41, 5.74) is 3.81. The predicted molar refractivity (Wildman–Crippen MR) is 100 cm³/mol. The molecule has 5 nitrogen and oxygen atoms in total. The Morgan fingerprint density at radius 1 is 1.16 bits per heavy atom. The van der Waals surface area contributed by atoms with E-state index in [1.54, 1.807) is 0 Å². The van der Waals surface area contributed by atoms with Crippen LogP contribution in [0.1, 0.15) is 31.4 Å². The van der Waals surface area contributed by atoms with Gasteiger partial charge in [-0.3, -0.25) is 4.98 Å². The van der Waals surface area contributed by atoms with Crippen LogP contribution in [0.15, 0.2) is 57.7 Å². The fourth-order valence-electron chi connectivity index (χ4n) is 3.62. The number of piperidine rings is 1. The molecule has 0 saturated carbocycles. The molecule has 0 amide bonds. The van der Waals surface area contributed by atoms with E-state index < -0.39 is 5.76 Å². The Balaban J connectivity index is 1.38. The summed E-state index contributed by atoms with van der Waals surface area (Å²) in [5.74, 6) is -0.402. The van der Waals surface area contributed by atoms with Gasteiger partial charge in [0.2, 0.25) is 0 Å². The molecule has 0 radical (unpaired) electrons. The fourth-order valence-corrected chi connectivity index (χ4v) is 3.62. The van der Waals surface area contributed by atoms with E-state index >= 15 is 0 Å². The molecule has 25 heavy (non-hydrogen) atoms. The molecule has 2 N–H and O–H groups in total. The van der Waals surface area contributed by atoms with Gasteiger partial charge >= 0.3 is 5.76 Å². The molecule has 1 aromatic heterocycles. The number of anilines is 1. The van der Waals surface area contributed by atoms with Gasteiger partial charge in [0.15, 0.2) is 5.58 Å². The van der Waals surface area contributed by atoms with Crippen molar-refractivity contribution >= 4 is 16.8 Å². The highest BCUT2D eigenvalue weighted by molar-refractivity contribution is 5.72. The first-order valence-electron chi connectivity index (χ1n) is 8.88. The molecule has 2 aromatic carbocycles. The minimum atomic E-state index is -0.402. The Hall–Kier alpha value is -2.53. The van der Waals surface area contributed by atoms with Crippen LogP contribution in [0, 0.1) is 0 Å². The van der Waals surface area contributed by atoms with Crippen molar-refractivity contribution in [2.75, 3.05) is 18.0 Å². The number of hydrogen-bond donors (Lipinski definition) is 2. The average Bonchev–Trinajstić information content (AvgIpc) is 3.02. The van der Waals surface area contributed by atoms with Crippen LogP contribution in [0.3, 0.4) is 0 Å². The van der Waals surface area contributed by atoms with Gasteiger partial charge in [-0.15, -0.1) is 0 Å². The lowest BCUT2D eigenvalue weighted by Crippen LogP contribution is -2.43. The van der Waals surface area contributed by atoms with Crippen LogP contribution in [0.25, 0.3) is 11.1 Å². The van der Waals surface area contributed by atoms with Crippen molar-refractivity contribution < 1.29 is 4.42 Å². The van der Waals surface area contributed by atoms with Gasteiger partial charge in [0.25, 0.3) is 0 Å². The number of oxazole rings is 1. The van der Waals surface area contributed by atoms with Crippen molar-refractivity contribution in [3.63, 3.8) is 0 Å². The molecule has 0 aliphatic carbocycles. The van der Waals surface area contributed by atoms with Crippen molar-refractivity contribution in [2.45, 2.75) is 31.8 Å². The summed E-state index contributed by atoms with van der Waals surface area (Å²) in [6.07, 6.45) is 2.25. The van der Waals surface area contributed by atoms with Gasteiger partial charge in [-0.1, -0.05) is 24.3 Å². The van der Waals surface area contributed by atoms with Crippen LogP contribution in [0.2, 0.25) is 0 Å². The quantitative estimate of drug-likeness (QED) is 0.765. The summed E-state index contributed by atoms with van der Waals surface area (Å²) in [4.78, 5) is 16.4. The first kappa shape index (κ1) is 16.0. The molecule has 1 saturated heterocycles. The van der Waals surface area contributed by atoms with Gasteiger partial charge < -0.3 is 14.6 Å². The van der Waals surface area contributed by atoms with E-state index in [9.17, 15) is 4.79 Å². The number of H-pyrrole nitrogens is 1. The summed E-state index contributed by atoms with van der Waals surface area (Å²) in [6, 6.07) is 17.2. The van der Waals surface area contributed by atoms with Gasteiger partial charge in [-0.2, -0.15) is 0 Å². The zero-order valence-corrected chi connectivity index (χ0v) is 14.4. The van der Waals surface area contributed by atoms with Gasteiger partial charge in [-0.05, 0) is 49.6 Å². The van der Waals surface area contributed by atoms with E-state index in [-0.39, 0.29) is 6.04 Å². The third-order valence-corrected chi connectivity index (χ3v) is 5.05. The number of rotatable bonds is 4. The first-order valence-corrected chi connectivity index (χ1v) is 8.88. The Bertz CT molecular complexity index is 892. The normalized spacial score (nSPS) is 17.1. The minimum Gasteiger partial charge on any atom is -0.408 e. The lowest BCUT2D eigenvalue weighted by atomic mass is 10.0. The van der Waals surface area contributed by atoms with Crippen LogP contribution in [0.5, 0.6) is 0 Å². The van der Waals surface area contributed by atoms with Crippen LogP contribution in [-0.2, 0) is 0 Å². The summed E-state index contributed by atoms with van der Waals surface area (Å²) >= 11 is 0. The van der Waals surface area contributed by atoms with Crippen LogP contribution in [0.4, 0.5) is 5.69 Å². The molecule has 130 valence electrons. The van der Waals surface area contributed by atoms with Crippen LogP contribution >= 0.6 is 0 Å². The molecule has 1 unspecified atom stereocenters. The minimum absolute atomic E-state index is 0.220. The van der Waals surface area contributed by atoms with Crippen LogP contribution in [-0.4, -0.2) is 24.1 Å². The molecule has 0 bridgehead atoms. The van der Waals surface area contributed by atoms with Crippen molar-refractivity contribution in [3.05, 3.63) is 64.6 Å². The number of nitrogens with zero attached hydrogens (tertiary/aromatic N) is 1. The van der Waals surface area contributed by atoms with E-state index in [1.165, 1.54) is 5.69 Å². The zero-order valence-electron chi connectivity index (χ0n) is 14.4. The molecule has 4 rings (SSSR count). The molecule has 0 spiro atoms. The maximum absolute atomic E-state index is 11.3. The monoisotopic (exact) mass is 337 g/mol. The van der Waals surface area contributed by atoms with E-state index in [2.05, 4.69) is 52.5 Å². The number of para-hydroxylation sites is 1. The Morgan fingerprint density at radius 3 is 2.68 bits per heavy atom. The largest absolute Gasteiger partial charge is 0.417 e. The third kappa shape index (κ3) is 3.46. The summed E-state index contributed by atoms with van der Waals surface area (Å²) in [7, 11) is 0. The Labute approximate surface area is 146 Å². The molecular weight excluding hydrogens is 314 g/mol. The van der Waals surface area contributed by atoms with Gasteiger partial charge in [-0.25, -0.2) is 4.79 Å². The molecule has 3 aromatic rings. The third-order valence-electron chi connectivity index (χ3n) is 5.05. The van der Waals surface area contributed by atoms with Crippen LogP contribution < -0.4 is 16.0 Å². The highest BCUT2D eigenvalue weighted by Crippen LogP contribution is 2.23. The lowest BCUT2D eigenvalue weighted by Gasteiger charge is -2.35. The Morgan fingerprint density at radius 2 is 1.92 bits per heavy atom. The second-order valence-corrected chi connectivity index (χ2v) is 6.76. The highest BCUT2D eigenvalue weighted by atomic mass is 16.4. The van der Waals surface area contributed by atoms with Crippen molar-refractivity contribution in [1.29, 1.82) is 0 Å². The van der Waals surface area contributed by atoms with Gasteiger partial charge in [0, 0.05) is 30.9 Å². The summed E-state index contributed by atoms with van der Waals surface area (Å²) in [5, 5.41) is 3.72. The summed E-state index contributed by atoms with van der Waals surface area (Å²) < 4.78 is 5.17. The van der Waals surface area contributed by atoms with E-state index in [4.69, 9.17) is 4.42 Å². The number of hydrogen-bond acceptors (Lipinski definition) is 4. The van der Waals surface area contributed by atoms with Crippen molar-refractivity contribution in [3.8, 4) is 0 Å². The summed E-state index contributed by atoms with van der Waals surface area (Å²) in [6.45, 7) is 4.30. The van der Waals surface area contributed by atoms with E-state index in [1.807, 2.05) is 18.2 Å². The number of nitrogens with one attached hydrogen (secondary N) is 2. The highest BCUT2D eigenvalue weighted by Gasteiger charge is 2.21. The molecule has 1 atom stereocenters. The standard InChI is InChI=1S/C20H23N3O2/c1-14(15-7-8-18-19(13-15)25-20(24)22-18)21-16-9-11-23(12-10-16)17-5-3-2-4-6-17/h2-8,13-14,16,21H,9-12H2,1H3,(H,22,24). The number of aromatic nitrogens is 1. The van der Waals surface area contributed by atoms with Gasteiger partial charge in [0.05, 0.1) is 5.52 Å². The predicted octanol–water partition coefficient (Wildman–Crippen LogP) is 3.44. The van der Waals surface area contributed by atoms with Crippen molar-refractivity contribution in [1.82, 2.24) is 10.3 Å². The Kier molecular flexibility index (Phi) is 4.32. The fraction of sp³-hybridized carbons (Fsp3) is 0.350. The molecule has 5 heteroatoms. The molecular formula is C20H23N3O2. The van der Waals surface area contributed by atoms with Crippen molar-refractivity contribution in [2.24, 2.45) is 0 Å². The second-order valence-electron chi connectivity index (χ2n) is 6.76. The van der Waals surface area contributed by atoms with Gasteiger partial charge in [0.1, 0.15) is 0 Å². The number of benzene rings is 2. The van der Waals surface area contributed by atoms with E-state index in [0.29, 0.717) is 11.6 Å². The molecule has 2 heterocycles. The molecule has 1 aliphatic rings. The lowest BCUT2D eigenvalue weighted by molar-refractivity contribution is 0.381. The maximum atomic E-state index is 11.3. The smallest absolute Gasteiger partial charge is 0.408 e. The number of fused-ring (bicyclic) bond motifs is 1. The molecule has 1 aliphatic heterocycles.